The summed E-state index contributed by atoms with van der Waals surface area (Å²) in [5.74, 6) is 1.63. The van der Waals surface area contributed by atoms with Gasteiger partial charge in [-0.15, -0.1) is 0 Å². The molecule has 2 aliphatic heterocycles. The Morgan fingerprint density at radius 1 is 1.19 bits per heavy atom. The number of urea groups is 1. The molecule has 1 N–H and O–H groups in total. The molecular weight excluding hydrogens is 346 g/mol. The number of carbonyl (C=O) groups is 1. The van der Waals surface area contributed by atoms with Crippen LogP contribution in [0.25, 0.3) is 0 Å². The highest BCUT2D eigenvalue weighted by atomic mass is 16.7. The lowest BCUT2D eigenvalue weighted by atomic mass is 10.1. The van der Waals surface area contributed by atoms with E-state index in [1.807, 2.05) is 21.6 Å². The Bertz CT molecular complexity index is 798. The molecule has 1 aromatic heterocycles. The normalized spacial score (nSPS) is 16.6. The van der Waals surface area contributed by atoms with Crippen molar-refractivity contribution in [3.05, 3.63) is 42.0 Å². The van der Waals surface area contributed by atoms with Crippen LogP contribution in [0.5, 0.6) is 11.5 Å². The zero-order valence-electron chi connectivity index (χ0n) is 15.6. The monoisotopic (exact) mass is 371 g/mol. The average Bonchev–Trinajstić information content (AvgIpc) is 3.35. The third kappa shape index (κ3) is 4.00. The Labute approximate surface area is 158 Å². The van der Waals surface area contributed by atoms with Crippen molar-refractivity contribution in [3.8, 4) is 11.5 Å². The quantitative estimate of drug-likeness (QED) is 0.866. The van der Waals surface area contributed by atoms with Crippen molar-refractivity contribution in [2.75, 3.05) is 33.0 Å². The van der Waals surface area contributed by atoms with Crippen LogP contribution in [-0.4, -0.2) is 58.4 Å². The van der Waals surface area contributed by atoms with Gasteiger partial charge in [-0.2, -0.15) is 0 Å². The molecule has 0 aliphatic carbocycles. The summed E-state index contributed by atoms with van der Waals surface area (Å²) in [4.78, 5) is 20.8. The summed E-state index contributed by atoms with van der Waals surface area (Å²) >= 11 is 0. The third-order valence-electron chi connectivity index (χ3n) is 5.06. The molecule has 0 bridgehead atoms. The van der Waals surface area contributed by atoms with Crippen LogP contribution >= 0.6 is 0 Å². The van der Waals surface area contributed by atoms with E-state index in [9.17, 15) is 4.79 Å². The lowest BCUT2D eigenvalue weighted by Crippen LogP contribution is -2.51. The Hall–Kier alpha value is -2.74. The molecule has 8 heteroatoms. The summed E-state index contributed by atoms with van der Waals surface area (Å²) in [7, 11) is 0. The van der Waals surface area contributed by atoms with Gasteiger partial charge in [-0.1, -0.05) is 6.07 Å². The lowest BCUT2D eigenvalue weighted by Gasteiger charge is -2.34. The van der Waals surface area contributed by atoms with Gasteiger partial charge >= 0.3 is 6.03 Å². The zero-order chi connectivity index (χ0) is 18.6. The van der Waals surface area contributed by atoms with Gasteiger partial charge in [-0.05, 0) is 24.6 Å². The molecule has 0 spiro atoms. The molecule has 2 aromatic rings. The van der Waals surface area contributed by atoms with Gasteiger partial charge in [-0.3, -0.25) is 4.90 Å². The predicted molar refractivity (Wildman–Crippen MR) is 99.6 cm³/mol. The predicted octanol–water partition coefficient (Wildman–Crippen LogP) is 1.66. The van der Waals surface area contributed by atoms with Crippen molar-refractivity contribution >= 4 is 6.03 Å². The molecule has 0 unspecified atom stereocenters. The van der Waals surface area contributed by atoms with Crippen molar-refractivity contribution in [2.45, 2.75) is 26.6 Å². The van der Waals surface area contributed by atoms with Crippen LogP contribution in [0, 0.1) is 0 Å². The number of benzene rings is 1. The molecule has 0 radical (unpaired) electrons. The fourth-order valence-corrected chi connectivity index (χ4v) is 3.46. The Morgan fingerprint density at radius 3 is 2.81 bits per heavy atom. The topological polar surface area (TPSA) is 71.9 Å². The van der Waals surface area contributed by atoms with Crippen LogP contribution in [0.4, 0.5) is 4.79 Å². The van der Waals surface area contributed by atoms with E-state index in [-0.39, 0.29) is 6.03 Å². The minimum absolute atomic E-state index is 0.0124. The molecule has 4 rings (SSSR count). The minimum atomic E-state index is -0.0124. The van der Waals surface area contributed by atoms with E-state index in [4.69, 9.17) is 9.47 Å². The largest absolute Gasteiger partial charge is 0.454 e. The Kier molecular flexibility index (Phi) is 5.15. The van der Waals surface area contributed by atoms with Gasteiger partial charge in [0.25, 0.3) is 0 Å². The van der Waals surface area contributed by atoms with Crippen molar-refractivity contribution in [3.63, 3.8) is 0 Å². The zero-order valence-corrected chi connectivity index (χ0v) is 15.6. The molecule has 0 saturated carbocycles. The molecule has 8 nitrogen and oxygen atoms in total. The highest BCUT2D eigenvalue weighted by Crippen LogP contribution is 2.32. The van der Waals surface area contributed by atoms with Gasteiger partial charge in [0.15, 0.2) is 11.5 Å². The average molecular weight is 371 g/mol. The number of hydrogen-bond donors (Lipinski definition) is 1. The molecule has 1 fully saturated rings. The third-order valence-corrected chi connectivity index (χ3v) is 5.06. The van der Waals surface area contributed by atoms with Gasteiger partial charge in [0.2, 0.25) is 6.79 Å². The van der Waals surface area contributed by atoms with Gasteiger partial charge in [0, 0.05) is 45.5 Å². The number of hydrogen-bond acceptors (Lipinski definition) is 5. The van der Waals surface area contributed by atoms with Crippen molar-refractivity contribution < 1.29 is 14.3 Å². The first-order valence-corrected chi connectivity index (χ1v) is 9.35. The molecule has 27 heavy (non-hydrogen) atoms. The second-order valence-electron chi connectivity index (χ2n) is 6.78. The van der Waals surface area contributed by atoms with Crippen LogP contribution in [0.1, 0.15) is 18.2 Å². The summed E-state index contributed by atoms with van der Waals surface area (Å²) in [5, 5.41) is 3.00. The molecule has 1 saturated heterocycles. The van der Waals surface area contributed by atoms with Gasteiger partial charge in [-0.25, -0.2) is 9.78 Å². The molecule has 0 atom stereocenters. The summed E-state index contributed by atoms with van der Waals surface area (Å²) < 4.78 is 12.8. The van der Waals surface area contributed by atoms with Crippen LogP contribution in [0.15, 0.2) is 30.7 Å². The number of aromatic nitrogens is 2. The fraction of sp³-hybridized carbons (Fsp3) is 0.474. The number of aryl methyl sites for hydroxylation is 1. The number of rotatable bonds is 5. The first-order chi connectivity index (χ1) is 13.2. The van der Waals surface area contributed by atoms with E-state index in [0.717, 1.165) is 56.5 Å². The number of nitrogens with one attached hydrogen (secondary N) is 1. The summed E-state index contributed by atoms with van der Waals surface area (Å²) in [6.07, 6.45) is 3.59. The molecule has 144 valence electrons. The summed E-state index contributed by atoms with van der Waals surface area (Å²) in [6, 6.07) is 6.06. The summed E-state index contributed by atoms with van der Waals surface area (Å²) in [5.41, 5.74) is 2.22. The molecule has 2 amide bonds. The maximum Gasteiger partial charge on any atom is 0.317 e. The Balaban J connectivity index is 1.24. The summed E-state index contributed by atoms with van der Waals surface area (Å²) in [6.45, 7) is 7.73. The highest BCUT2D eigenvalue weighted by Gasteiger charge is 2.22. The maximum absolute atomic E-state index is 12.4. The second-order valence-corrected chi connectivity index (χ2v) is 6.78. The van der Waals surface area contributed by atoms with Crippen molar-refractivity contribution in [1.29, 1.82) is 0 Å². The number of carbonyl (C=O) groups excluding carboxylic acids is 1. The van der Waals surface area contributed by atoms with Crippen LogP contribution < -0.4 is 14.8 Å². The van der Waals surface area contributed by atoms with E-state index in [1.54, 1.807) is 12.5 Å². The highest BCUT2D eigenvalue weighted by molar-refractivity contribution is 5.74. The fourth-order valence-electron chi connectivity index (χ4n) is 3.46. The van der Waals surface area contributed by atoms with Gasteiger partial charge < -0.3 is 24.3 Å². The number of imidazole rings is 1. The number of fused-ring (bicyclic) bond motifs is 1. The van der Waals surface area contributed by atoms with E-state index >= 15 is 0 Å². The smallest absolute Gasteiger partial charge is 0.317 e. The van der Waals surface area contributed by atoms with E-state index in [1.165, 1.54) is 5.56 Å². The molecule has 2 aliphatic rings. The number of ether oxygens (including phenoxy) is 2. The first kappa shape index (κ1) is 17.7. The number of amides is 2. The maximum atomic E-state index is 12.4. The van der Waals surface area contributed by atoms with E-state index in [2.05, 4.69) is 28.2 Å². The van der Waals surface area contributed by atoms with E-state index < -0.39 is 0 Å². The minimum Gasteiger partial charge on any atom is -0.454 e. The standard InChI is InChI=1S/C19H25N5O3/c1-2-23-13-20-10-16(23)11-21-19(25)24-7-5-22(6-8-24)12-15-3-4-17-18(9-15)27-14-26-17/h3-4,9-10,13H,2,5-8,11-12,14H2,1H3,(H,21,25). The van der Waals surface area contributed by atoms with Crippen LogP contribution in [0.2, 0.25) is 0 Å². The number of piperazine rings is 1. The SMILES string of the molecule is CCn1cncc1CNC(=O)N1CCN(Cc2ccc3c(c2)OCO3)CC1. The van der Waals surface area contributed by atoms with Gasteiger partial charge in [0.05, 0.1) is 18.6 Å². The van der Waals surface area contributed by atoms with Crippen LogP contribution in [-0.2, 0) is 19.6 Å². The first-order valence-electron chi connectivity index (χ1n) is 9.35. The van der Waals surface area contributed by atoms with Crippen LogP contribution in [0.3, 0.4) is 0 Å². The molecule has 3 heterocycles. The van der Waals surface area contributed by atoms with Crippen molar-refractivity contribution in [2.24, 2.45) is 0 Å². The molecule has 1 aromatic carbocycles. The second kappa shape index (κ2) is 7.87. The van der Waals surface area contributed by atoms with Gasteiger partial charge in [0.1, 0.15) is 0 Å². The van der Waals surface area contributed by atoms with Crippen molar-refractivity contribution in [1.82, 2.24) is 24.7 Å². The lowest BCUT2D eigenvalue weighted by molar-refractivity contribution is 0.135. The number of nitrogens with zero attached hydrogens (tertiary/aromatic N) is 4. The Morgan fingerprint density at radius 2 is 2.00 bits per heavy atom. The molecular formula is C19H25N5O3. The van der Waals surface area contributed by atoms with E-state index in [0.29, 0.717) is 13.3 Å².